The molecule has 1 heterocycles. The highest BCUT2D eigenvalue weighted by Gasteiger charge is 2.27. The van der Waals surface area contributed by atoms with Crippen molar-refractivity contribution >= 4 is 18.3 Å². The number of nitrogens with one attached hydrogen (secondary N) is 1. The predicted molar refractivity (Wildman–Crippen MR) is 95.4 cm³/mol. The van der Waals surface area contributed by atoms with E-state index in [2.05, 4.69) is 32.2 Å². The quantitative estimate of drug-likeness (QED) is 0.802. The van der Waals surface area contributed by atoms with Crippen LogP contribution in [-0.2, 0) is 4.79 Å². The second-order valence-corrected chi connectivity index (χ2v) is 7.21. The molecule has 1 aliphatic heterocycles. The second-order valence-electron chi connectivity index (χ2n) is 7.21. The third-order valence-electron chi connectivity index (χ3n) is 5.10. The summed E-state index contributed by atoms with van der Waals surface area (Å²) in [6, 6.07) is 0.338. The Morgan fingerprint density at radius 3 is 2.68 bits per heavy atom. The van der Waals surface area contributed by atoms with E-state index in [1.807, 2.05) is 11.9 Å². The third-order valence-corrected chi connectivity index (χ3v) is 5.10. The third kappa shape index (κ3) is 4.60. The Morgan fingerprint density at radius 1 is 1.36 bits per heavy atom. The van der Waals surface area contributed by atoms with E-state index < -0.39 is 0 Å². The van der Waals surface area contributed by atoms with Crippen molar-refractivity contribution in [2.75, 3.05) is 20.1 Å². The average Bonchev–Trinajstić information content (AvgIpc) is 2.46. The molecule has 1 atom stereocenters. The molecule has 1 aliphatic carbocycles. The molecule has 0 aromatic heterocycles. The molecule has 1 saturated heterocycles. The summed E-state index contributed by atoms with van der Waals surface area (Å²) in [7, 11) is 1.93. The lowest BCUT2D eigenvalue weighted by Gasteiger charge is -2.33. The minimum absolute atomic E-state index is 0. The first-order chi connectivity index (χ1) is 9.92. The normalized spacial score (nSPS) is 25.0. The van der Waals surface area contributed by atoms with E-state index >= 15 is 0 Å². The zero-order chi connectivity index (χ0) is 15.5. The van der Waals surface area contributed by atoms with Gasteiger partial charge >= 0.3 is 0 Å². The maximum atomic E-state index is 12.4. The topological polar surface area (TPSA) is 32.3 Å². The van der Waals surface area contributed by atoms with Gasteiger partial charge in [-0.1, -0.05) is 25.5 Å². The van der Waals surface area contributed by atoms with Gasteiger partial charge in [0.05, 0.1) is 0 Å². The largest absolute Gasteiger partial charge is 0.338 e. The molecule has 1 amide bonds. The Labute approximate surface area is 141 Å². The fraction of sp³-hybridized carbons (Fsp3) is 0.722. The molecule has 0 aromatic carbocycles. The van der Waals surface area contributed by atoms with Crippen LogP contribution in [0, 0.1) is 5.41 Å². The van der Waals surface area contributed by atoms with Gasteiger partial charge in [-0.2, -0.15) is 0 Å². The highest BCUT2D eigenvalue weighted by Crippen LogP contribution is 2.40. The summed E-state index contributed by atoms with van der Waals surface area (Å²) in [5, 5.41) is 3.37. The average molecular weight is 327 g/mol. The summed E-state index contributed by atoms with van der Waals surface area (Å²) in [5.41, 5.74) is 3.00. The number of hydrogen-bond donors (Lipinski definition) is 1. The Morgan fingerprint density at radius 2 is 2.09 bits per heavy atom. The molecule has 0 bridgehead atoms. The van der Waals surface area contributed by atoms with E-state index in [9.17, 15) is 4.79 Å². The first-order valence-corrected chi connectivity index (χ1v) is 8.27. The SMILES string of the molecule is CC1=C(/C=C/C(=O)N(C)C2CCCNC2)C(C)(C)CCC1.Cl. The van der Waals surface area contributed by atoms with E-state index in [4.69, 9.17) is 0 Å². The van der Waals surface area contributed by atoms with Crippen LogP contribution in [0.3, 0.4) is 0 Å². The molecule has 1 unspecified atom stereocenters. The zero-order valence-corrected chi connectivity index (χ0v) is 15.3. The first-order valence-electron chi connectivity index (χ1n) is 8.27. The molecule has 0 saturated carbocycles. The number of carbonyl (C=O) groups is 1. The summed E-state index contributed by atoms with van der Waals surface area (Å²) < 4.78 is 0. The van der Waals surface area contributed by atoms with Crippen LogP contribution in [0.4, 0.5) is 0 Å². The second kappa shape index (κ2) is 8.16. The number of amides is 1. The lowest BCUT2D eigenvalue weighted by molar-refractivity contribution is -0.127. The van der Waals surface area contributed by atoms with Crippen LogP contribution >= 0.6 is 12.4 Å². The van der Waals surface area contributed by atoms with Gasteiger partial charge in [0.2, 0.25) is 5.91 Å². The molecular formula is C18H31ClN2O. The fourth-order valence-corrected chi connectivity index (χ4v) is 3.63. The molecule has 0 spiro atoms. The molecule has 1 N–H and O–H groups in total. The molecule has 4 heteroatoms. The number of rotatable bonds is 3. The minimum atomic E-state index is 0. The minimum Gasteiger partial charge on any atom is -0.338 e. The number of allylic oxidation sites excluding steroid dienone is 3. The van der Waals surface area contributed by atoms with Gasteiger partial charge in [-0.05, 0) is 56.6 Å². The molecule has 1 fully saturated rings. The van der Waals surface area contributed by atoms with Crippen LogP contribution in [0.1, 0.15) is 52.9 Å². The number of hydrogen-bond acceptors (Lipinski definition) is 2. The Balaban J connectivity index is 0.00000242. The number of piperidine rings is 1. The van der Waals surface area contributed by atoms with Crippen LogP contribution in [0.25, 0.3) is 0 Å². The highest BCUT2D eigenvalue weighted by atomic mass is 35.5. The van der Waals surface area contributed by atoms with Crippen molar-refractivity contribution in [2.24, 2.45) is 5.41 Å². The van der Waals surface area contributed by atoms with Gasteiger partial charge in [-0.25, -0.2) is 0 Å². The highest BCUT2D eigenvalue weighted by molar-refractivity contribution is 5.88. The van der Waals surface area contributed by atoms with Crippen LogP contribution in [0.15, 0.2) is 23.3 Å². The van der Waals surface area contributed by atoms with Gasteiger partial charge in [0.1, 0.15) is 0 Å². The number of likely N-dealkylation sites (N-methyl/N-ethyl adjacent to an activating group) is 1. The monoisotopic (exact) mass is 326 g/mol. The summed E-state index contributed by atoms with van der Waals surface area (Å²) in [6.07, 6.45) is 9.75. The van der Waals surface area contributed by atoms with E-state index in [0.29, 0.717) is 6.04 Å². The summed E-state index contributed by atoms with van der Waals surface area (Å²) >= 11 is 0. The summed E-state index contributed by atoms with van der Waals surface area (Å²) in [4.78, 5) is 14.3. The molecule has 0 radical (unpaired) electrons. The number of halogens is 1. The van der Waals surface area contributed by atoms with Crippen LogP contribution < -0.4 is 5.32 Å². The van der Waals surface area contributed by atoms with Crippen LogP contribution in [-0.4, -0.2) is 37.0 Å². The van der Waals surface area contributed by atoms with Gasteiger partial charge in [0.15, 0.2) is 0 Å². The molecule has 2 aliphatic rings. The van der Waals surface area contributed by atoms with Gasteiger partial charge < -0.3 is 10.2 Å². The van der Waals surface area contributed by atoms with Crippen molar-refractivity contribution in [2.45, 2.75) is 58.9 Å². The van der Waals surface area contributed by atoms with E-state index in [1.165, 1.54) is 30.4 Å². The molecule has 0 aromatic rings. The van der Waals surface area contributed by atoms with Crippen molar-refractivity contribution in [1.29, 1.82) is 0 Å². The lowest BCUT2D eigenvalue weighted by Crippen LogP contribution is -2.46. The van der Waals surface area contributed by atoms with Crippen LogP contribution in [0.5, 0.6) is 0 Å². The molecule has 22 heavy (non-hydrogen) atoms. The molecule has 126 valence electrons. The van der Waals surface area contributed by atoms with Crippen molar-refractivity contribution in [3.63, 3.8) is 0 Å². The smallest absolute Gasteiger partial charge is 0.246 e. The van der Waals surface area contributed by atoms with Gasteiger partial charge in [0.25, 0.3) is 0 Å². The fourth-order valence-electron chi connectivity index (χ4n) is 3.63. The number of carbonyl (C=O) groups excluding carboxylic acids is 1. The Bertz CT molecular complexity index is 448. The molecule has 3 nitrogen and oxygen atoms in total. The van der Waals surface area contributed by atoms with E-state index in [-0.39, 0.29) is 23.7 Å². The standard InChI is InChI=1S/C18H30N2O.ClH/c1-14-7-5-11-18(2,3)16(14)9-10-17(21)20(4)15-8-6-12-19-13-15;/h9-10,15,19H,5-8,11-13H2,1-4H3;1H/b10-9+;. The predicted octanol–water partition coefficient (Wildman–Crippen LogP) is 3.70. The maximum Gasteiger partial charge on any atom is 0.246 e. The van der Waals surface area contributed by atoms with Crippen LogP contribution in [0.2, 0.25) is 0 Å². The lowest BCUT2D eigenvalue weighted by atomic mass is 9.72. The summed E-state index contributed by atoms with van der Waals surface area (Å²) in [6.45, 7) is 8.78. The Kier molecular flexibility index (Phi) is 7.14. The van der Waals surface area contributed by atoms with Crippen molar-refractivity contribution < 1.29 is 4.79 Å². The molecular weight excluding hydrogens is 296 g/mol. The zero-order valence-electron chi connectivity index (χ0n) is 14.4. The van der Waals surface area contributed by atoms with Gasteiger partial charge in [0, 0.05) is 25.7 Å². The van der Waals surface area contributed by atoms with E-state index in [0.717, 1.165) is 25.9 Å². The molecule has 2 rings (SSSR count). The first kappa shape index (κ1) is 19.2. The Hall–Kier alpha value is -0.800. The van der Waals surface area contributed by atoms with Crippen molar-refractivity contribution in [1.82, 2.24) is 10.2 Å². The summed E-state index contributed by atoms with van der Waals surface area (Å²) in [5.74, 6) is 0.130. The van der Waals surface area contributed by atoms with Gasteiger partial charge in [-0.15, -0.1) is 12.4 Å². The van der Waals surface area contributed by atoms with Crippen molar-refractivity contribution in [3.05, 3.63) is 23.3 Å². The van der Waals surface area contributed by atoms with Gasteiger partial charge in [-0.3, -0.25) is 4.79 Å². The maximum absolute atomic E-state index is 12.4. The van der Waals surface area contributed by atoms with Crippen molar-refractivity contribution in [3.8, 4) is 0 Å². The number of nitrogens with zero attached hydrogens (tertiary/aromatic N) is 1. The van der Waals surface area contributed by atoms with E-state index in [1.54, 1.807) is 6.08 Å².